The molecule has 0 saturated carbocycles. The summed E-state index contributed by atoms with van der Waals surface area (Å²) in [6.07, 6.45) is 5.34. The summed E-state index contributed by atoms with van der Waals surface area (Å²) in [6, 6.07) is 0. The molecule has 0 aromatic carbocycles. The molecule has 0 saturated heterocycles. The van der Waals surface area contributed by atoms with Gasteiger partial charge in [0.25, 0.3) is 0 Å². The van der Waals surface area contributed by atoms with Crippen LogP contribution in [0.4, 0.5) is 0 Å². The topological polar surface area (TPSA) is 36.9 Å². The largest absolute Gasteiger partial charge is 0.379 e. The molecule has 0 heterocycles. The lowest BCUT2D eigenvalue weighted by molar-refractivity contribution is 0.000557. The quantitative estimate of drug-likeness (QED) is 0.335. The van der Waals surface area contributed by atoms with E-state index in [9.17, 15) is 0 Å². The van der Waals surface area contributed by atoms with Crippen LogP contribution in [0.25, 0.3) is 0 Å². The number of ether oxygens (including phenoxy) is 4. The number of hydrogen-bond acceptors (Lipinski definition) is 4. The lowest BCUT2D eigenvalue weighted by Crippen LogP contribution is -2.12. The summed E-state index contributed by atoms with van der Waals surface area (Å²) in [5, 5.41) is 0. The Kier molecular flexibility index (Phi) is 16.2. The van der Waals surface area contributed by atoms with E-state index in [-0.39, 0.29) is 0 Å². The standard InChI is InChI=1S/C14H28O4/c1-3-5-6-8-16-10-12-18-14-13-17-11-9-15-7-4-2/h4H,2-3,5-14H2,1H3. The molecule has 0 aliphatic rings. The van der Waals surface area contributed by atoms with Crippen molar-refractivity contribution in [3.63, 3.8) is 0 Å². The van der Waals surface area contributed by atoms with Gasteiger partial charge < -0.3 is 18.9 Å². The molecule has 0 aromatic rings. The third-order valence-corrected chi connectivity index (χ3v) is 2.24. The number of unbranched alkanes of at least 4 members (excludes halogenated alkanes) is 2. The van der Waals surface area contributed by atoms with Crippen molar-refractivity contribution in [2.75, 3.05) is 52.9 Å². The van der Waals surface area contributed by atoms with Crippen LogP contribution in [0.5, 0.6) is 0 Å². The van der Waals surface area contributed by atoms with Gasteiger partial charge in [-0.25, -0.2) is 0 Å². The SMILES string of the molecule is C=CCOCCOCCOCCOCCCCC. The minimum Gasteiger partial charge on any atom is -0.379 e. The van der Waals surface area contributed by atoms with Gasteiger partial charge >= 0.3 is 0 Å². The second-order valence-corrected chi connectivity index (χ2v) is 3.91. The van der Waals surface area contributed by atoms with Crippen LogP contribution >= 0.6 is 0 Å². The maximum atomic E-state index is 5.41. The zero-order chi connectivity index (χ0) is 13.3. The molecule has 0 unspecified atom stereocenters. The second-order valence-electron chi connectivity index (χ2n) is 3.91. The first-order valence-corrected chi connectivity index (χ1v) is 6.83. The van der Waals surface area contributed by atoms with Crippen molar-refractivity contribution in [3.05, 3.63) is 12.7 Å². The van der Waals surface area contributed by atoms with Crippen molar-refractivity contribution in [3.8, 4) is 0 Å². The Morgan fingerprint density at radius 2 is 1.22 bits per heavy atom. The molecule has 0 amide bonds. The summed E-state index contributed by atoms with van der Waals surface area (Å²) < 4.78 is 21.3. The van der Waals surface area contributed by atoms with Crippen molar-refractivity contribution in [2.45, 2.75) is 26.2 Å². The van der Waals surface area contributed by atoms with Gasteiger partial charge in [0.15, 0.2) is 0 Å². The van der Waals surface area contributed by atoms with Gasteiger partial charge in [-0.05, 0) is 6.42 Å². The highest BCUT2D eigenvalue weighted by atomic mass is 16.6. The lowest BCUT2D eigenvalue weighted by atomic mass is 10.3. The molecule has 0 aliphatic heterocycles. The zero-order valence-electron chi connectivity index (χ0n) is 11.7. The Labute approximate surface area is 111 Å². The van der Waals surface area contributed by atoms with Crippen LogP contribution in [0.2, 0.25) is 0 Å². The predicted octanol–water partition coefficient (Wildman–Crippen LogP) is 2.43. The van der Waals surface area contributed by atoms with Crippen molar-refractivity contribution in [1.29, 1.82) is 0 Å². The van der Waals surface area contributed by atoms with Gasteiger partial charge in [0.2, 0.25) is 0 Å². The first kappa shape index (κ1) is 17.6. The third-order valence-electron chi connectivity index (χ3n) is 2.24. The zero-order valence-corrected chi connectivity index (χ0v) is 11.7. The molecule has 4 heteroatoms. The van der Waals surface area contributed by atoms with Gasteiger partial charge in [-0.15, -0.1) is 6.58 Å². The van der Waals surface area contributed by atoms with Crippen LogP contribution in [0, 0.1) is 0 Å². The Bertz CT molecular complexity index is 162. The van der Waals surface area contributed by atoms with Crippen molar-refractivity contribution in [2.24, 2.45) is 0 Å². The molecule has 0 aliphatic carbocycles. The highest BCUT2D eigenvalue weighted by molar-refractivity contribution is 4.63. The molecule has 0 atom stereocenters. The van der Waals surface area contributed by atoms with Gasteiger partial charge in [-0.1, -0.05) is 25.8 Å². The molecule has 0 bridgehead atoms. The molecule has 0 spiro atoms. The van der Waals surface area contributed by atoms with E-state index in [1.54, 1.807) is 6.08 Å². The summed E-state index contributed by atoms with van der Waals surface area (Å²) in [5.41, 5.74) is 0. The molecule has 4 nitrogen and oxygen atoms in total. The van der Waals surface area contributed by atoms with Crippen LogP contribution in [0.3, 0.4) is 0 Å². The van der Waals surface area contributed by atoms with Crippen LogP contribution in [-0.2, 0) is 18.9 Å². The van der Waals surface area contributed by atoms with E-state index in [0.717, 1.165) is 13.0 Å². The maximum Gasteiger partial charge on any atom is 0.0704 e. The van der Waals surface area contributed by atoms with E-state index in [0.29, 0.717) is 46.2 Å². The second kappa shape index (κ2) is 16.6. The molecule has 0 radical (unpaired) electrons. The minimum atomic E-state index is 0.579. The Morgan fingerprint density at radius 1 is 0.722 bits per heavy atom. The summed E-state index contributed by atoms with van der Waals surface area (Å²) in [5.74, 6) is 0. The first-order valence-electron chi connectivity index (χ1n) is 6.83. The molecule has 0 aromatic heterocycles. The van der Waals surface area contributed by atoms with Crippen molar-refractivity contribution in [1.82, 2.24) is 0 Å². The Hall–Kier alpha value is -0.420. The Morgan fingerprint density at radius 3 is 1.72 bits per heavy atom. The van der Waals surface area contributed by atoms with E-state index < -0.39 is 0 Å². The fraction of sp³-hybridized carbons (Fsp3) is 0.857. The highest BCUT2D eigenvalue weighted by Crippen LogP contribution is 1.93. The van der Waals surface area contributed by atoms with Crippen LogP contribution in [0.1, 0.15) is 26.2 Å². The lowest BCUT2D eigenvalue weighted by Gasteiger charge is -2.06. The van der Waals surface area contributed by atoms with E-state index >= 15 is 0 Å². The third kappa shape index (κ3) is 15.6. The first-order chi connectivity index (χ1) is 8.91. The normalized spacial score (nSPS) is 10.7. The smallest absolute Gasteiger partial charge is 0.0704 e. The molecular formula is C14H28O4. The van der Waals surface area contributed by atoms with Gasteiger partial charge in [0.1, 0.15) is 0 Å². The summed E-state index contributed by atoms with van der Waals surface area (Å²) in [4.78, 5) is 0. The minimum absolute atomic E-state index is 0.579. The van der Waals surface area contributed by atoms with Crippen molar-refractivity contribution >= 4 is 0 Å². The molecule has 0 N–H and O–H groups in total. The predicted molar refractivity (Wildman–Crippen MR) is 73.0 cm³/mol. The van der Waals surface area contributed by atoms with Crippen molar-refractivity contribution < 1.29 is 18.9 Å². The maximum absolute atomic E-state index is 5.41. The average molecular weight is 260 g/mol. The fourth-order valence-corrected chi connectivity index (χ4v) is 1.28. The highest BCUT2D eigenvalue weighted by Gasteiger charge is 1.92. The summed E-state index contributed by atoms with van der Waals surface area (Å²) >= 11 is 0. The molecular weight excluding hydrogens is 232 g/mol. The number of hydrogen-bond donors (Lipinski definition) is 0. The van der Waals surface area contributed by atoms with Crippen LogP contribution in [0.15, 0.2) is 12.7 Å². The van der Waals surface area contributed by atoms with E-state index in [1.807, 2.05) is 0 Å². The summed E-state index contributed by atoms with van der Waals surface area (Å²) in [6.45, 7) is 10.9. The molecule has 0 fully saturated rings. The average Bonchev–Trinajstić information content (AvgIpc) is 2.39. The van der Waals surface area contributed by atoms with Gasteiger partial charge in [0, 0.05) is 6.61 Å². The molecule has 108 valence electrons. The van der Waals surface area contributed by atoms with Crippen LogP contribution in [-0.4, -0.2) is 52.9 Å². The Balaban J connectivity index is 2.88. The van der Waals surface area contributed by atoms with E-state index in [2.05, 4.69) is 13.5 Å². The van der Waals surface area contributed by atoms with Gasteiger partial charge in [0.05, 0.1) is 46.2 Å². The van der Waals surface area contributed by atoms with Gasteiger partial charge in [-0.3, -0.25) is 0 Å². The fourth-order valence-electron chi connectivity index (χ4n) is 1.28. The monoisotopic (exact) mass is 260 g/mol. The number of rotatable bonds is 15. The summed E-state index contributed by atoms with van der Waals surface area (Å²) in [7, 11) is 0. The van der Waals surface area contributed by atoms with E-state index in [1.165, 1.54) is 12.8 Å². The molecule has 18 heavy (non-hydrogen) atoms. The van der Waals surface area contributed by atoms with Crippen LogP contribution < -0.4 is 0 Å². The van der Waals surface area contributed by atoms with Gasteiger partial charge in [-0.2, -0.15) is 0 Å². The van der Waals surface area contributed by atoms with E-state index in [4.69, 9.17) is 18.9 Å². The molecule has 0 rings (SSSR count).